The summed E-state index contributed by atoms with van der Waals surface area (Å²) in [7, 11) is 6.00. The van der Waals surface area contributed by atoms with E-state index in [-0.39, 0.29) is 24.8 Å². The Morgan fingerprint density at radius 1 is 0.964 bits per heavy atom. The average molecular weight is 390 g/mol. The first-order valence-electron chi connectivity index (χ1n) is 8.46. The van der Waals surface area contributed by atoms with Crippen molar-refractivity contribution in [2.75, 3.05) is 40.2 Å². The number of nitrogens with one attached hydrogen (secondary N) is 1. The van der Waals surface area contributed by atoms with Gasteiger partial charge in [0, 0.05) is 18.3 Å². The van der Waals surface area contributed by atoms with Gasteiger partial charge >= 0.3 is 0 Å². The van der Waals surface area contributed by atoms with Crippen LogP contribution in [-0.2, 0) is 16.0 Å². The molecule has 2 aromatic rings. The molecule has 0 aliphatic carbocycles. The van der Waals surface area contributed by atoms with Crippen molar-refractivity contribution in [2.45, 2.75) is 6.42 Å². The number of halogens is 1. The van der Waals surface area contributed by atoms with Crippen molar-refractivity contribution in [3.63, 3.8) is 0 Å². The molecule has 8 heteroatoms. The zero-order valence-corrected chi connectivity index (χ0v) is 16.2. The number of rotatable bonds is 8. The number of hydrogen-bond acceptors (Lipinski definition) is 5. The molecule has 2 amide bonds. The zero-order valence-electron chi connectivity index (χ0n) is 16.2. The van der Waals surface area contributed by atoms with Gasteiger partial charge in [0.25, 0.3) is 0 Å². The molecular formula is C20H23FN2O5. The Bertz CT molecular complexity index is 839. The molecule has 0 saturated carbocycles. The number of ether oxygens (including phenoxy) is 3. The summed E-state index contributed by atoms with van der Waals surface area (Å²) in [6, 6.07) is 8.78. The normalized spacial score (nSPS) is 10.2. The molecule has 0 saturated heterocycles. The van der Waals surface area contributed by atoms with Crippen LogP contribution in [0.2, 0.25) is 0 Å². The monoisotopic (exact) mass is 390 g/mol. The molecule has 2 rings (SSSR count). The molecule has 0 heterocycles. The van der Waals surface area contributed by atoms with E-state index in [4.69, 9.17) is 14.2 Å². The average Bonchev–Trinajstić information content (AvgIpc) is 2.68. The van der Waals surface area contributed by atoms with Crippen LogP contribution in [0.1, 0.15) is 5.56 Å². The van der Waals surface area contributed by atoms with Gasteiger partial charge in [-0.3, -0.25) is 9.59 Å². The highest BCUT2D eigenvalue weighted by atomic mass is 19.1. The lowest BCUT2D eigenvalue weighted by Gasteiger charge is -2.19. The molecule has 7 nitrogen and oxygen atoms in total. The maximum Gasteiger partial charge on any atom is 0.243 e. The summed E-state index contributed by atoms with van der Waals surface area (Å²) in [5.74, 6) is 0.227. The maximum absolute atomic E-state index is 12.9. The minimum absolute atomic E-state index is 0.0177. The number of carbonyl (C=O) groups is 2. The predicted molar refractivity (Wildman–Crippen MR) is 102 cm³/mol. The number of carbonyl (C=O) groups excluding carboxylic acids is 2. The third-order valence-electron chi connectivity index (χ3n) is 4.06. The molecule has 0 radical (unpaired) electrons. The third kappa shape index (κ3) is 5.12. The Labute approximate surface area is 163 Å². The van der Waals surface area contributed by atoms with Crippen molar-refractivity contribution in [2.24, 2.45) is 0 Å². The van der Waals surface area contributed by atoms with Crippen LogP contribution in [-0.4, -0.2) is 51.6 Å². The van der Waals surface area contributed by atoms with E-state index >= 15 is 0 Å². The fourth-order valence-corrected chi connectivity index (χ4v) is 2.64. The van der Waals surface area contributed by atoms with E-state index in [0.717, 1.165) is 0 Å². The van der Waals surface area contributed by atoms with Gasteiger partial charge in [-0.15, -0.1) is 0 Å². The van der Waals surface area contributed by atoms with E-state index in [1.165, 1.54) is 57.5 Å². The minimum atomic E-state index is -0.394. The molecular weight excluding hydrogens is 367 g/mol. The minimum Gasteiger partial charge on any atom is -0.493 e. The van der Waals surface area contributed by atoms with Gasteiger partial charge in [-0.05, 0) is 30.3 Å². The number of likely N-dealkylation sites (N-methyl/N-ethyl adjacent to an activating group) is 1. The maximum atomic E-state index is 12.9. The summed E-state index contributed by atoms with van der Waals surface area (Å²) < 4.78 is 28.8. The summed E-state index contributed by atoms with van der Waals surface area (Å²) in [4.78, 5) is 25.9. The van der Waals surface area contributed by atoms with Crippen molar-refractivity contribution in [3.05, 3.63) is 47.8 Å². The smallest absolute Gasteiger partial charge is 0.243 e. The molecule has 28 heavy (non-hydrogen) atoms. The van der Waals surface area contributed by atoms with Crippen LogP contribution in [0.5, 0.6) is 17.2 Å². The van der Waals surface area contributed by atoms with Gasteiger partial charge in [0.2, 0.25) is 17.6 Å². The van der Waals surface area contributed by atoms with Crippen LogP contribution in [0, 0.1) is 5.82 Å². The van der Waals surface area contributed by atoms with Crippen molar-refractivity contribution in [1.29, 1.82) is 0 Å². The number of amides is 2. The van der Waals surface area contributed by atoms with Gasteiger partial charge in [0.05, 0.1) is 34.3 Å². The van der Waals surface area contributed by atoms with E-state index in [1.807, 2.05) is 0 Å². The summed E-state index contributed by atoms with van der Waals surface area (Å²) in [6.45, 7) is -0.147. The van der Waals surface area contributed by atoms with Gasteiger partial charge in [-0.2, -0.15) is 0 Å². The Morgan fingerprint density at radius 3 is 2.18 bits per heavy atom. The number of nitrogens with zero attached hydrogens (tertiary/aromatic N) is 1. The molecule has 0 aliphatic rings. The van der Waals surface area contributed by atoms with Gasteiger partial charge in [-0.25, -0.2) is 4.39 Å². The first-order chi connectivity index (χ1) is 13.4. The van der Waals surface area contributed by atoms with Crippen molar-refractivity contribution < 1.29 is 28.2 Å². The van der Waals surface area contributed by atoms with E-state index in [1.54, 1.807) is 12.1 Å². The zero-order chi connectivity index (χ0) is 20.7. The van der Waals surface area contributed by atoms with Gasteiger partial charge in [-0.1, -0.05) is 6.07 Å². The van der Waals surface area contributed by atoms with Crippen LogP contribution in [0.4, 0.5) is 10.1 Å². The Balaban J connectivity index is 2.03. The quantitative estimate of drug-likeness (QED) is 0.749. The highest BCUT2D eigenvalue weighted by Crippen LogP contribution is 2.39. The van der Waals surface area contributed by atoms with Gasteiger partial charge < -0.3 is 24.4 Å². The molecule has 0 atom stereocenters. The fraction of sp³-hybridized carbons (Fsp3) is 0.300. The molecule has 150 valence electrons. The lowest BCUT2D eigenvalue weighted by Crippen LogP contribution is -2.35. The Kier molecular flexibility index (Phi) is 7.20. The standard InChI is InChI=1S/C20H23FN2O5/c1-23(12-17(24)22-15-8-6-14(21)7-9-15)18(25)11-13-5-10-16(26-2)20(28-4)19(13)27-3/h5-10H,11-12H2,1-4H3,(H,22,24). The SMILES string of the molecule is COc1ccc(CC(=O)N(C)CC(=O)Nc2ccc(F)cc2)c(OC)c1OC. The lowest BCUT2D eigenvalue weighted by atomic mass is 10.1. The summed E-state index contributed by atoms with van der Waals surface area (Å²) in [6.07, 6.45) is 0.0177. The fourth-order valence-electron chi connectivity index (χ4n) is 2.64. The first-order valence-corrected chi connectivity index (χ1v) is 8.46. The van der Waals surface area contributed by atoms with Gasteiger partial charge in [0.1, 0.15) is 5.82 Å². The summed E-state index contributed by atoms with van der Waals surface area (Å²) in [5.41, 5.74) is 1.06. The molecule has 0 unspecified atom stereocenters. The van der Waals surface area contributed by atoms with Crippen molar-refractivity contribution in [1.82, 2.24) is 4.90 Å². The Hall–Kier alpha value is -3.29. The number of methoxy groups -OCH3 is 3. The second kappa shape index (κ2) is 9.59. The molecule has 0 bridgehead atoms. The first kappa shape index (κ1) is 21.0. The van der Waals surface area contributed by atoms with E-state index in [0.29, 0.717) is 28.5 Å². The van der Waals surface area contributed by atoms with Crippen LogP contribution >= 0.6 is 0 Å². The van der Waals surface area contributed by atoms with Crippen LogP contribution < -0.4 is 19.5 Å². The number of benzene rings is 2. The van der Waals surface area contributed by atoms with Crippen LogP contribution in [0.25, 0.3) is 0 Å². The summed E-state index contributed by atoms with van der Waals surface area (Å²) in [5, 5.41) is 2.61. The molecule has 0 aliphatic heterocycles. The highest BCUT2D eigenvalue weighted by Gasteiger charge is 2.20. The molecule has 0 fully saturated rings. The van der Waals surface area contributed by atoms with E-state index in [9.17, 15) is 14.0 Å². The van der Waals surface area contributed by atoms with E-state index < -0.39 is 5.82 Å². The second-order valence-corrected chi connectivity index (χ2v) is 5.98. The lowest BCUT2D eigenvalue weighted by molar-refractivity contribution is -0.132. The van der Waals surface area contributed by atoms with Crippen molar-refractivity contribution in [3.8, 4) is 17.2 Å². The third-order valence-corrected chi connectivity index (χ3v) is 4.06. The van der Waals surface area contributed by atoms with Crippen molar-refractivity contribution >= 4 is 17.5 Å². The molecule has 0 aromatic heterocycles. The predicted octanol–water partition coefficient (Wildman–Crippen LogP) is 2.49. The molecule has 2 aromatic carbocycles. The largest absolute Gasteiger partial charge is 0.493 e. The highest BCUT2D eigenvalue weighted by molar-refractivity contribution is 5.94. The topological polar surface area (TPSA) is 77.1 Å². The second-order valence-electron chi connectivity index (χ2n) is 5.98. The number of hydrogen-bond donors (Lipinski definition) is 1. The molecule has 1 N–H and O–H groups in total. The Morgan fingerprint density at radius 2 is 1.61 bits per heavy atom. The van der Waals surface area contributed by atoms with E-state index in [2.05, 4.69) is 5.32 Å². The van der Waals surface area contributed by atoms with Crippen LogP contribution in [0.15, 0.2) is 36.4 Å². The number of anilines is 1. The summed E-state index contributed by atoms with van der Waals surface area (Å²) >= 11 is 0. The van der Waals surface area contributed by atoms with Gasteiger partial charge in [0.15, 0.2) is 11.5 Å². The van der Waals surface area contributed by atoms with Crippen LogP contribution in [0.3, 0.4) is 0 Å². The molecule has 0 spiro atoms.